The molecule has 1 aromatic carbocycles. The zero-order valence-corrected chi connectivity index (χ0v) is 15.4. The van der Waals surface area contributed by atoms with E-state index in [2.05, 4.69) is 9.62 Å². The molecular weight excluding hydrogens is 342 g/mol. The van der Waals surface area contributed by atoms with Gasteiger partial charge >= 0.3 is 0 Å². The van der Waals surface area contributed by atoms with Gasteiger partial charge in [0.1, 0.15) is 0 Å². The fourth-order valence-corrected chi connectivity index (χ4v) is 4.68. The summed E-state index contributed by atoms with van der Waals surface area (Å²) in [5.41, 5.74) is 0. The van der Waals surface area contributed by atoms with Crippen LogP contribution in [0.25, 0.3) is 0 Å². The van der Waals surface area contributed by atoms with E-state index >= 15 is 0 Å². The van der Waals surface area contributed by atoms with Crippen molar-refractivity contribution >= 4 is 15.9 Å². The normalized spacial score (nSPS) is 27.0. The average molecular weight is 367 g/mol. The molecule has 2 heterocycles. The summed E-state index contributed by atoms with van der Waals surface area (Å²) in [4.78, 5) is 15.9. The second-order valence-electron chi connectivity index (χ2n) is 6.92. The zero-order chi connectivity index (χ0) is 18.0. The summed E-state index contributed by atoms with van der Waals surface area (Å²) in [7, 11) is -0.0399. The number of morpholine rings is 1. The molecule has 2 aliphatic heterocycles. The van der Waals surface area contributed by atoms with Gasteiger partial charge < -0.3 is 9.64 Å². The Morgan fingerprint density at radius 1 is 1.28 bits per heavy atom. The Morgan fingerprint density at radius 3 is 2.68 bits per heavy atom. The van der Waals surface area contributed by atoms with Crippen LogP contribution in [-0.4, -0.2) is 76.1 Å². The second kappa shape index (κ2) is 7.41. The highest BCUT2D eigenvalue weighted by atomic mass is 32.2. The molecule has 7 nitrogen and oxygen atoms in total. The Kier molecular flexibility index (Phi) is 5.43. The summed E-state index contributed by atoms with van der Waals surface area (Å²) in [6.07, 6.45) is 0.951. The number of fused-ring (bicyclic) bond motifs is 1. The predicted octanol–water partition coefficient (Wildman–Crippen LogP) is 0.285. The van der Waals surface area contributed by atoms with Gasteiger partial charge in [0.2, 0.25) is 15.9 Å². The fourth-order valence-electron chi connectivity index (χ4n) is 3.42. The Hall–Kier alpha value is -1.48. The monoisotopic (exact) mass is 367 g/mol. The molecule has 0 aromatic heterocycles. The molecular formula is C17H25N3O4S. The van der Waals surface area contributed by atoms with Gasteiger partial charge in [0.05, 0.1) is 24.0 Å². The highest BCUT2D eigenvalue weighted by Crippen LogP contribution is 2.25. The first kappa shape index (κ1) is 18.3. The number of hydrogen-bond acceptors (Lipinski definition) is 5. The van der Waals surface area contributed by atoms with E-state index in [0.717, 1.165) is 6.42 Å². The van der Waals surface area contributed by atoms with E-state index in [9.17, 15) is 13.2 Å². The van der Waals surface area contributed by atoms with Crippen LogP contribution >= 0.6 is 0 Å². The Labute approximate surface area is 149 Å². The minimum absolute atomic E-state index is 0.0453. The van der Waals surface area contributed by atoms with Crippen molar-refractivity contribution in [1.82, 2.24) is 14.5 Å². The Bertz CT molecular complexity index is 708. The molecule has 1 N–H and O–H groups in total. The third-order valence-corrected chi connectivity index (χ3v) is 6.30. The van der Waals surface area contributed by atoms with Gasteiger partial charge in [-0.3, -0.25) is 9.69 Å². The van der Waals surface area contributed by atoms with E-state index in [-0.39, 0.29) is 29.0 Å². The Morgan fingerprint density at radius 2 is 2.00 bits per heavy atom. The van der Waals surface area contributed by atoms with Gasteiger partial charge in [-0.1, -0.05) is 18.2 Å². The standard InChI is InChI=1S/C17H25N3O4S/c1-19(2)17(21)9-15-11-20-10-13(8-14(20)12-24-15)18-25(22,23)16-6-4-3-5-7-16/h3-7,13-15,18H,8-12H2,1-2H3/t13-,14+,15+/m1/s1. The molecule has 0 radical (unpaired) electrons. The SMILES string of the molecule is CN(C)C(=O)C[C@H]1CN2C[C@H](NS(=O)(=O)c3ccccc3)C[C@H]2CO1. The lowest BCUT2D eigenvalue weighted by Gasteiger charge is -2.35. The number of benzene rings is 1. The molecule has 1 amide bonds. The smallest absolute Gasteiger partial charge is 0.240 e. The fraction of sp³-hybridized carbons (Fsp3) is 0.588. The lowest BCUT2D eigenvalue weighted by atomic mass is 10.1. The van der Waals surface area contributed by atoms with Crippen molar-refractivity contribution in [3.8, 4) is 0 Å². The highest BCUT2D eigenvalue weighted by molar-refractivity contribution is 7.89. The third-order valence-electron chi connectivity index (χ3n) is 4.77. The summed E-state index contributed by atoms with van der Waals surface area (Å²) < 4.78 is 33.5. The van der Waals surface area contributed by atoms with Gasteiger partial charge in [-0.25, -0.2) is 13.1 Å². The number of hydrogen-bond donors (Lipinski definition) is 1. The van der Waals surface area contributed by atoms with Crippen LogP contribution in [0.15, 0.2) is 35.2 Å². The lowest BCUT2D eigenvalue weighted by Crippen LogP contribution is -2.47. The van der Waals surface area contributed by atoms with Crippen LogP contribution in [0, 0.1) is 0 Å². The highest BCUT2D eigenvalue weighted by Gasteiger charge is 2.39. The molecule has 8 heteroatoms. The molecule has 0 bridgehead atoms. The number of nitrogens with one attached hydrogen (secondary N) is 1. The van der Waals surface area contributed by atoms with Crippen LogP contribution in [0.1, 0.15) is 12.8 Å². The van der Waals surface area contributed by atoms with Crippen LogP contribution in [0.4, 0.5) is 0 Å². The van der Waals surface area contributed by atoms with Gasteiger partial charge in [-0.15, -0.1) is 0 Å². The number of rotatable bonds is 5. The molecule has 2 aliphatic rings. The summed E-state index contributed by atoms with van der Waals surface area (Å²) >= 11 is 0. The summed E-state index contributed by atoms with van der Waals surface area (Å²) in [5.74, 6) is 0.0453. The van der Waals surface area contributed by atoms with Crippen LogP contribution < -0.4 is 4.72 Å². The first-order chi connectivity index (χ1) is 11.8. The lowest BCUT2D eigenvalue weighted by molar-refractivity contribution is -0.134. The molecule has 0 spiro atoms. The topological polar surface area (TPSA) is 79.0 Å². The zero-order valence-electron chi connectivity index (χ0n) is 14.6. The summed E-state index contributed by atoms with van der Waals surface area (Å²) in [6.45, 7) is 1.84. The van der Waals surface area contributed by atoms with E-state index in [1.54, 1.807) is 49.3 Å². The molecule has 3 atom stereocenters. The van der Waals surface area contributed by atoms with E-state index in [0.29, 0.717) is 26.1 Å². The molecule has 1 aromatic rings. The minimum atomic E-state index is -3.51. The number of ether oxygens (including phenoxy) is 1. The molecule has 138 valence electrons. The van der Waals surface area contributed by atoms with E-state index in [1.807, 2.05) is 0 Å². The van der Waals surface area contributed by atoms with Gasteiger partial charge in [-0.2, -0.15) is 0 Å². The first-order valence-electron chi connectivity index (χ1n) is 8.48. The minimum Gasteiger partial charge on any atom is -0.375 e. The third kappa shape index (κ3) is 4.38. The number of carbonyl (C=O) groups is 1. The van der Waals surface area contributed by atoms with Crippen molar-refractivity contribution in [2.45, 2.75) is 35.9 Å². The van der Waals surface area contributed by atoms with Crippen LogP contribution in [0.2, 0.25) is 0 Å². The maximum absolute atomic E-state index is 12.5. The van der Waals surface area contributed by atoms with Crippen molar-refractivity contribution in [3.05, 3.63) is 30.3 Å². The van der Waals surface area contributed by atoms with Gasteiger partial charge in [0.25, 0.3) is 0 Å². The molecule has 25 heavy (non-hydrogen) atoms. The van der Waals surface area contributed by atoms with Crippen molar-refractivity contribution in [2.24, 2.45) is 0 Å². The van der Waals surface area contributed by atoms with E-state index < -0.39 is 10.0 Å². The molecule has 0 saturated carbocycles. The van der Waals surface area contributed by atoms with Gasteiger partial charge in [0, 0.05) is 39.3 Å². The summed E-state index contributed by atoms with van der Waals surface area (Å²) in [6, 6.07) is 8.48. The first-order valence-corrected chi connectivity index (χ1v) is 9.96. The largest absolute Gasteiger partial charge is 0.375 e. The van der Waals surface area contributed by atoms with Crippen molar-refractivity contribution in [1.29, 1.82) is 0 Å². The number of sulfonamides is 1. The number of carbonyl (C=O) groups excluding carboxylic acids is 1. The maximum Gasteiger partial charge on any atom is 0.240 e. The quantitative estimate of drug-likeness (QED) is 0.809. The van der Waals surface area contributed by atoms with Crippen LogP contribution in [0.5, 0.6) is 0 Å². The Balaban J connectivity index is 1.58. The predicted molar refractivity (Wildman–Crippen MR) is 93.6 cm³/mol. The number of amides is 1. The maximum atomic E-state index is 12.5. The number of nitrogens with zero attached hydrogens (tertiary/aromatic N) is 2. The average Bonchev–Trinajstić information content (AvgIpc) is 2.96. The van der Waals surface area contributed by atoms with Gasteiger partial charge in [-0.05, 0) is 18.6 Å². The van der Waals surface area contributed by atoms with Gasteiger partial charge in [0.15, 0.2) is 0 Å². The van der Waals surface area contributed by atoms with Crippen LogP contribution in [0.3, 0.4) is 0 Å². The van der Waals surface area contributed by atoms with Crippen molar-refractivity contribution in [3.63, 3.8) is 0 Å². The molecule has 0 aliphatic carbocycles. The molecule has 0 unspecified atom stereocenters. The summed E-state index contributed by atoms with van der Waals surface area (Å²) in [5, 5.41) is 0. The molecule has 3 rings (SSSR count). The van der Waals surface area contributed by atoms with E-state index in [4.69, 9.17) is 4.74 Å². The molecule has 2 saturated heterocycles. The van der Waals surface area contributed by atoms with Crippen LogP contribution in [-0.2, 0) is 19.6 Å². The van der Waals surface area contributed by atoms with Crippen molar-refractivity contribution in [2.75, 3.05) is 33.8 Å². The van der Waals surface area contributed by atoms with E-state index in [1.165, 1.54) is 0 Å². The molecule has 2 fully saturated rings. The van der Waals surface area contributed by atoms with Crippen molar-refractivity contribution < 1.29 is 17.9 Å². The second-order valence-corrected chi connectivity index (χ2v) is 8.64.